The normalized spacial score (nSPS) is 11.4. The fourth-order valence-corrected chi connectivity index (χ4v) is 3.45. The molecule has 0 bridgehead atoms. The molecule has 4 aromatic rings. The van der Waals surface area contributed by atoms with Gasteiger partial charge in [-0.2, -0.15) is 18.2 Å². The first-order valence-corrected chi connectivity index (χ1v) is 11.1. The molecule has 0 saturated carbocycles. The Balaban J connectivity index is 1.58. The van der Waals surface area contributed by atoms with Gasteiger partial charge in [-0.15, -0.1) is 5.10 Å². The number of anilines is 1. The van der Waals surface area contributed by atoms with E-state index in [-0.39, 0.29) is 48.8 Å². The third-order valence-corrected chi connectivity index (χ3v) is 5.23. The average molecular weight is 514 g/mol. The molecule has 3 aromatic carbocycles. The number of benzene rings is 3. The Morgan fingerprint density at radius 1 is 1.00 bits per heavy atom. The van der Waals surface area contributed by atoms with Gasteiger partial charge in [-0.25, -0.2) is 9.07 Å². The van der Waals surface area contributed by atoms with Crippen molar-refractivity contribution in [1.82, 2.24) is 14.8 Å². The number of amides is 1. The van der Waals surface area contributed by atoms with E-state index in [2.05, 4.69) is 15.4 Å². The number of carbonyl (C=O) groups excluding carboxylic acids is 1. The van der Waals surface area contributed by atoms with Crippen LogP contribution in [0.5, 0.6) is 6.01 Å². The molecule has 0 spiro atoms. The minimum atomic E-state index is -4.52. The second kappa shape index (κ2) is 11.2. The van der Waals surface area contributed by atoms with Crippen molar-refractivity contribution in [3.8, 4) is 23.1 Å². The van der Waals surface area contributed by atoms with Gasteiger partial charge in [-0.05, 0) is 54.1 Å². The van der Waals surface area contributed by atoms with Crippen LogP contribution in [0.15, 0.2) is 72.8 Å². The van der Waals surface area contributed by atoms with Gasteiger partial charge >= 0.3 is 12.2 Å². The Kier molecular flexibility index (Phi) is 7.83. The third-order valence-electron chi connectivity index (χ3n) is 5.23. The van der Waals surface area contributed by atoms with Crippen LogP contribution in [0, 0.1) is 5.82 Å². The third kappa shape index (κ3) is 6.70. The highest BCUT2D eigenvalue weighted by molar-refractivity contribution is 5.92. The standard InChI is InChI=1S/C26H22F4N4O3/c1-36-13-14-37-25-32-24(18-3-2-4-19(16-18)26(28,29)30)34(33-25)22-11-9-21(10-12-22)31-23(35)15-17-5-7-20(27)8-6-17/h2-12,16H,13-15H2,1H3,(H,31,35). The summed E-state index contributed by atoms with van der Waals surface area (Å²) in [4.78, 5) is 16.6. The Labute approximate surface area is 209 Å². The summed E-state index contributed by atoms with van der Waals surface area (Å²) in [5, 5.41) is 7.05. The zero-order valence-electron chi connectivity index (χ0n) is 19.6. The van der Waals surface area contributed by atoms with E-state index in [0.29, 0.717) is 16.9 Å². The van der Waals surface area contributed by atoms with E-state index >= 15 is 0 Å². The van der Waals surface area contributed by atoms with E-state index in [0.717, 1.165) is 12.1 Å². The van der Waals surface area contributed by atoms with Crippen molar-refractivity contribution in [2.24, 2.45) is 0 Å². The molecule has 1 aromatic heterocycles. The first kappa shape index (κ1) is 25.8. The zero-order chi connectivity index (χ0) is 26.4. The molecule has 0 aliphatic heterocycles. The van der Waals surface area contributed by atoms with Crippen molar-refractivity contribution < 1.29 is 31.8 Å². The predicted molar refractivity (Wildman–Crippen MR) is 128 cm³/mol. The molecule has 37 heavy (non-hydrogen) atoms. The second-order valence-corrected chi connectivity index (χ2v) is 7.95. The first-order valence-electron chi connectivity index (χ1n) is 11.1. The molecule has 7 nitrogen and oxygen atoms in total. The predicted octanol–water partition coefficient (Wildman–Crippen LogP) is 5.30. The van der Waals surface area contributed by atoms with Crippen LogP contribution in [-0.4, -0.2) is 41.0 Å². The van der Waals surface area contributed by atoms with E-state index in [9.17, 15) is 22.4 Å². The van der Waals surface area contributed by atoms with Crippen molar-refractivity contribution in [2.45, 2.75) is 12.6 Å². The topological polar surface area (TPSA) is 78.3 Å². The molecule has 192 valence electrons. The number of hydrogen-bond donors (Lipinski definition) is 1. The smallest absolute Gasteiger partial charge is 0.416 e. The van der Waals surface area contributed by atoms with Crippen molar-refractivity contribution >= 4 is 11.6 Å². The van der Waals surface area contributed by atoms with Gasteiger partial charge in [0.2, 0.25) is 5.91 Å². The van der Waals surface area contributed by atoms with Crippen molar-refractivity contribution in [2.75, 3.05) is 25.6 Å². The molecule has 1 N–H and O–H groups in total. The van der Waals surface area contributed by atoms with E-state index in [1.54, 1.807) is 24.3 Å². The number of halogens is 4. The number of ether oxygens (including phenoxy) is 2. The summed E-state index contributed by atoms with van der Waals surface area (Å²) in [6.45, 7) is 0.432. The summed E-state index contributed by atoms with van der Waals surface area (Å²) >= 11 is 0. The largest absolute Gasteiger partial charge is 0.460 e. The SMILES string of the molecule is COCCOc1nc(-c2cccc(C(F)(F)F)c2)n(-c2ccc(NC(=O)Cc3ccc(F)cc3)cc2)n1. The van der Waals surface area contributed by atoms with Gasteiger partial charge in [0.1, 0.15) is 12.4 Å². The molecule has 0 radical (unpaired) electrons. The lowest BCUT2D eigenvalue weighted by molar-refractivity contribution is -0.137. The summed E-state index contributed by atoms with van der Waals surface area (Å²) in [6, 6.07) is 16.9. The second-order valence-electron chi connectivity index (χ2n) is 7.95. The molecule has 0 saturated heterocycles. The van der Waals surface area contributed by atoms with Gasteiger partial charge in [0.05, 0.1) is 24.3 Å². The van der Waals surface area contributed by atoms with Crippen molar-refractivity contribution in [3.05, 3.63) is 89.7 Å². The van der Waals surface area contributed by atoms with Crippen LogP contribution < -0.4 is 10.1 Å². The summed E-state index contributed by atoms with van der Waals surface area (Å²) in [6.07, 6.45) is -4.46. The summed E-state index contributed by atoms with van der Waals surface area (Å²) in [5.41, 5.74) is 1.01. The lowest BCUT2D eigenvalue weighted by atomic mass is 10.1. The van der Waals surface area contributed by atoms with Crippen LogP contribution in [-0.2, 0) is 22.1 Å². The highest BCUT2D eigenvalue weighted by Gasteiger charge is 2.31. The molecule has 0 aliphatic rings. The molecule has 1 amide bonds. The average Bonchev–Trinajstić information content (AvgIpc) is 3.30. The van der Waals surface area contributed by atoms with Crippen molar-refractivity contribution in [3.63, 3.8) is 0 Å². The summed E-state index contributed by atoms with van der Waals surface area (Å²) in [5.74, 6) is -0.533. The van der Waals surface area contributed by atoms with Crippen LogP contribution in [0.1, 0.15) is 11.1 Å². The Morgan fingerprint density at radius 2 is 1.73 bits per heavy atom. The molecule has 1 heterocycles. The number of rotatable bonds is 9. The summed E-state index contributed by atoms with van der Waals surface area (Å²) < 4.78 is 64.7. The zero-order valence-corrected chi connectivity index (χ0v) is 19.6. The van der Waals surface area contributed by atoms with Gasteiger partial charge in [0.25, 0.3) is 0 Å². The number of nitrogens with one attached hydrogen (secondary N) is 1. The minimum Gasteiger partial charge on any atom is -0.460 e. The van der Waals surface area contributed by atoms with E-state index in [1.165, 1.54) is 48.2 Å². The van der Waals surface area contributed by atoms with E-state index in [4.69, 9.17) is 9.47 Å². The van der Waals surface area contributed by atoms with Crippen LogP contribution in [0.25, 0.3) is 17.1 Å². The van der Waals surface area contributed by atoms with E-state index < -0.39 is 11.7 Å². The monoisotopic (exact) mass is 514 g/mol. The number of carbonyl (C=O) groups is 1. The molecular weight excluding hydrogens is 492 g/mol. The van der Waals surface area contributed by atoms with Gasteiger partial charge in [0.15, 0.2) is 5.82 Å². The molecular formula is C26H22F4N4O3. The lowest BCUT2D eigenvalue weighted by Crippen LogP contribution is -2.14. The van der Waals surface area contributed by atoms with Gasteiger partial charge in [-0.1, -0.05) is 24.3 Å². The van der Waals surface area contributed by atoms with Gasteiger partial charge in [0, 0.05) is 18.4 Å². The van der Waals surface area contributed by atoms with Gasteiger partial charge < -0.3 is 14.8 Å². The van der Waals surface area contributed by atoms with Crippen molar-refractivity contribution in [1.29, 1.82) is 0 Å². The Bertz CT molecular complexity index is 1350. The lowest BCUT2D eigenvalue weighted by Gasteiger charge is -2.10. The first-order chi connectivity index (χ1) is 17.7. The van der Waals surface area contributed by atoms with Crippen LogP contribution in [0.3, 0.4) is 0 Å². The number of nitrogens with zero attached hydrogens (tertiary/aromatic N) is 3. The number of methoxy groups -OCH3 is 1. The molecule has 0 fully saturated rings. The minimum absolute atomic E-state index is 0.0267. The van der Waals surface area contributed by atoms with Crippen LogP contribution >= 0.6 is 0 Å². The van der Waals surface area contributed by atoms with Crippen LogP contribution in [0.2, 0.25) is 0 Å². The maximum Gasteiger partial charge on any atom is 0.416 e. The van der Waals surface area contributed by atoms with Crippen LogP contribution in [0.4, 0.5) is 23.2 Å². The molecule has 0 aliphatic carbocycles. The highest BCUT2D eigenvalue weighted by atomic mass is 19.4. The fourth-order valence-electron chi connectivity index (χ4n) is 3.45. The number of hydrogen-bond acceptors (Lipinski definition) is 5. The molecule has 0 unspecified atom stereocenters. The quantitative estimate of drug-likeness (QED) is 0.242. The Morgan fingerprint density at radius 3 is 2.41 bits per heavy atom. The summed E-state index contributed by atoms with van der Waals surface area (Å²) in [7, 11) is 1.50. The van der Waals surface area contributed by atoms with Gasteiger partial charge in [-0.3, -0.25) is 4.79 Å². The fraction of sp³-hybridized carbons (Fsp3) is 0.192. The maximum atomic E-state index is 13.3. The highest BCUT2D eigenvalue weighted by Crippen LogP contribution is 2.33. The number of aromatic nitrogens is 3. The molecule has 11 heteroatoms. The molecule has 4 rings (SSSR count). The Hall–Kier alpha value is -4.25. The molecule has 0 atom stereocenters. The maximum absolute atomic E-state index is 13.3. The van der Waals surface area contributed by atoms with E-state index in [1.807, 2.05) is 0 Å². The number of alkyl halides is 3.